The van der Waals surface area contributed by atoms with Crippen molar-refractivity contribution in [3.8, 4) is 0 Å². The Balaban J connectivity index is 1.54. The number of nitrogens with zero attached hydrogens (tertiary/aromatic N) is 1. The molecule has 0 bridgehead atoms. The van der Waals surface area contributed by atoms with Gasteiger partial charge in [0.1, 0.15) is 5.60 Å². The van der Waals surface area contributed by atoms with Crippen LogP contribution in [0.3, 0.4) is 0 Å². The van der Waals surface area contributed by atoms with Crippen molar-refractivity contribution in [2.45, 2.75) is 96.8 Å². The first-order chi connectivity index (χ1) is 16.9. The van der Waals surface area contributed by atoms with E-state index in [1.165, 1.54) is 16.8 Å². The van der Waals surface area contributed by atoms with Crippen LogP contribution < -0.4 is 10.4 Å². The highest BCUT2D eigenvalue weighted by molar-refractivity contribution is 6.99. The molecule has 0 N–H and O–H groups in total. The van der Waals surface area contributed by atoms with Crippen molar-refractivity contribution in [2.24, 2.45) is 5.41 Å². The molecule has 1 saturated heterocycles. The second-order valence-corrected chi connectivity index (χ2v) is 17.2. The number of amides is 1. The van der Waals surface area contributed by atoms with Gasteiger partial charge in [0, 0.05) is 19.2 Å². The maximum atomic E-state index is 12.8. The lowest BCUT2D eigenvalue weighted by Crippen LogP contribution is -2.68. The molecule has 2 aromatic rings. The molecule has 0 radical (unpaired) electrons. The zero-order valence-corrected chi connectivity index (χ0v) is 24.2. The molecule has 5 heteroatoms. The predicted molar refractivity (Wildman–Crippen MR) is 150 cm³/mol. The van der Waals surface area contributed by atoms with E-state index in [0.717, 1.165) is 45.2 Å². The summed E-state index contributed by atoms with van der Waals surface area (Å²) in [4.78, 5) is 14.8. The van der Waals surface area contributed by atoms with Crippen molar-refractivity contribution in [3.63, 3.8) is 0 Å². The fourth-order valence-corrected chi connectivity index (χ4v) is 11.1. The summed E-state index contributed by atoms with van der Waals surface area (Å²) >= 11 is 0. The normalized spacial score (nSPS) is 23.5. The van der Waals surface area contributed by atoms with Gasteiger partial charge >= 0.3 is 6.09 Å². The monoisotopic (exact) mass is 507 g/mol. The molecule has 1 amide bonds. The SMILES string of the molecule is CC(C)(C)OC(=O)N1CCCC2(CCC(O[Si](c3ccccc3)(c3ccccc3)C(C)(C)C)CC2)C1. The number of hydrogen-bond acceptors (Lipinski definition) is 3. The molecule has 1 spiro atoms. The van der Waals surface area contributed by atoms with Crippen molar-refractivity contribution in [2.75, 3.05) is 13.1 Å². The summed E-state index contributed by atoms with van der Waals surface area (Å²) in [7, 11) is -2.54. The van der Waals surface area contributed by atoms with Crippen molar-refractivity contribution in [3.05, 3.63) is 60.7 Å². The Morgan fingerprint density at radius 3 is 1.86 bits per heavy atom. The highest BCUT2D eigenvalue weighted by atomic mass is 28.4. The smallest absolute Gasteiger partial charge is 0.410 e. The third-order valence-corrected chi connectivity index (χ3v) is 13.2. The van der Waals surface area contributed by atoms with E-state index in [2.05, 4.69) is 81.4 Å². The Kier molecular flexibility index (Phi) is 7.73. The summed E-state index contributed by atoms with van der Waals surface area (Å²) in [5, 5.41) is 2.68. The quantitative estimate of drug-likeness (QED) is 0.442. The highest BCUT2D eigenvalue weighted by Crippen LogP contribution is 2.46. The minimum absolute atomic E-state index is 0.0107. The Hall–Kier alpha value is -2.11. The van der Waals surface area contributed by atoms with Gasteiger partial charge in [0.05, 0.1) is 0 Å². The molecule has 2 aromatic carbocycles. The molecule has 1 aliphatic carbocycles. The largest absolute Gasteiger partial charge is 0.444 e. The van der Waals surface area contributed by atoms with Gasteiger partial charge in [0.15, 0.2) is 0 Å². The first-order valence-electron chi connectivity index (χ1n) is 13.7. The summed E-state index contributed by atoms with van der Waals surface area (Å²) in [5.41, 5.74) is -0.260. The third-order valence-electron chi connectivity index (χ3n) is 8.07. The van der Waals surface area contributed by atoms with Gasteiger partial charge in [-0.05, 0) is 80.1 Å². The van der Waals surface area contributed by atoms with Crippen LogP contribution >= 0.6 is 0 Å². The minimum atomic E-state index is -2.54. The van der Waals surface area contributed by atoms with E-state index in [-0.39, 0.29) is 22.7 Å². The third kappa shape index (κ3) is 5.73. The Morgan fingerprint density at radius 2 is 1.39 bits per heavy atom. The summed E-state index contributed by atoms with van der Waals surface area (Å²) in [6, 6.07) is 21.9. The first kappa shape index (κ1) is 26.9. The fourth-order valence-electron chi connectivity index (χ4n) is 6.36. The molecular formula is C31H45NO3Si. The molecule has 0 aromatic heterocycles. The van der Waals surface area contributed by atoms with E-state index in [9.17, 15) is 4.79 Å². The van der Waals surface area contributed by atoms with Crippen molar-refractivity contribution in [1.82, 2.24) is 4.90 Å². The van der Waals surface area contributed by atoms with Crippen LogP contribution in [0.25, 0.3) is 0 Å². The zero-order valence-electron chi connectivity index (χ0n) is 23.2. The molecular weight excluding hydrogens is 462 g/mol. The van der Waals surface area contributed by atoms with Gasteiger partial charge in [-0.3, -0.25) is 0 Å². The number of likely N-dealkylation sites (tertiary alicyclic amines) is 1. The van der Waals surface area contributed by atoms with E-state index >= 15 is 0 Å². The number of carbonyl (C=O) groups is 1. The van der Waals surface area contributed by atoms with Gasteiger partial charge in [-0.25, -0.2) is 4.79 Å². The van der Waals surface area contributed by atoms with Crippen LogP contribution in [-0.2, 0) is 9.16 Å². The molecule has 196 valence electrons. The van der Waals surface area contributed by atoms with E-state index < -0.39 is 13.9 Å². The number of piperidine rings is 1. The molecule has 0 atom stereocenters. The lowest BCUT2D eigenvalue weighted by molar-refractivity contribution is -0.0143. The lowest BCUT2D eigenvalue weighted by Gasteiger charge is -2.50. The number of benzene rings is 2. The van der Waals surface area contributed by atoms with E-state index in [1.807, 2.05) is 25.7 Å². The second kappa shape index (κ2) is 10.3. The minimum Gasteiger partial charge on any atom is -0.444 e. The summed E-state index contributed by atoms with van der Waals surface area (Å²) in [6.07, 6.45) is 6.63. The van der Waals surface area contributed by atoms with Crippen molar-refractivity contribution in [1.29, 1.82) is 0 Å². The molecule has 36 heavy (non-hydrogen) atoms. The van der Waals surface area contributed by atoms with Crippen molar-refractivity contribution < 1.29 is 14.0 Å². The average molecular weight is 508 g/mol. The van der Waals surface area contributed by atoms with Crippen LogP contribution in [0.2, 0.25) is 5.04 Å². The number of hydrogen-bond donors (Lipinski definition) is 0. The van der Waals surface area contributed by atoms with Crippen LogP contribution in [0, 0.1) is 5.41 Å². The topological polar surface area (TPSA) is 38.8 Å². The zero-order chi connectivity index (χ0) is 26.0. The molecule has 0 unspecified atom stereocenters. The molecule has 1 aliphatic heterocycles. The van der Waals surface area contributed by atoms with Gasteiger partial charge in [0.25, 0.3) is 8.32 Å². The molecule has 1 heterocycles. The molecule has 4 nitrogen and oxygen atoms in total. The van der Waals surface area contributed by atoms with Crippen LogP contribution in [0.4, 0.5) is 4.79 Å². The van der Waals surface area contributed by atoms with Gasteiger partial charge in [-0.2, -0.15) is 0 Å². The number of carbonyl (C=O) groups excluding carboxylic acids is 1. The van der Waals surface area contributed by atoms with Crippen LogP contribution in [0.15, 0.2) is 60.7 Å². The lowest BCUT2D eigenvalue weighted by atomic mass is 9.68. The molecule has 2 fully saturated rings. The summed E-state index contributed by atoms with van der Waals surface area (Å²) < 4.78 is 13.1. The average Bonchev–Trinajstić information content (AvgIpc) is 2.83. The molecule has 2 aliphatic rings. The number of rotatable bonds is 4. The maximum absolute atomic E-state index is 12.8. The summed E-state index contributed by atoms with van der Waals surface area (Å²) in [5.74, 6) is 0. The predicted octanol–water partition coefficient (Wildman–Crippen LogP) is 6.52. The summed E-state index contributed by atoms with van der Waals surface area (Å²) in [6.45, 7) is 14.5. The van der Waals surface area contributed by atoms with Crippen LogP contribution in [0.1, 0.15) is 80.1 Å². The van der Waals surface area contributed by atoms with Crippen LogP contribution in [0.5, 0.6) is 0 Å². The van der Waals surface area contributed by atoms with Crippen molar-refractivity contribution >= 4 is 24.8 Å². The first-order valence-corrected chi connectivity index (χ1v) is 15.6. The highest BCUT2D eigenvalue weighted by Gasteiger charge is 2.52. The Bertz CT molecular complexity index is 962. The van der Waals surface area contributed by atoms with Gasteiger partial charge < -0.3 is 14.1 Å². The van der Waals surface area contributed by atoms with E-state index in [0.29, 0.717) is 0 Å². The van der Waals surface area contributed by atoms with Gasteiger partial charge in [-0.1, -0.05) is 81.4 Å². The molecule has 1 saturated carbocycles. The van der Waals surface area contributed by atoms with E-state index in [4.69, 9.17) is 9.16 Å². The Labute approximate surface area is 219 Å². The standard InChI is InChI=1S/C31H45NO3Si/c1-29(2,3)34-28(33)32-23-13-20-31(24-32)21-18-25(19-22-31)35-36(30(4,5)6,26-14-9-7-10-15-26)27-16-11-8-12-17-27/h7-12,14-17,25H,13,18-24H2,1-6H3. The number of ether oxygens (including phenoxy) is 1. The maximum Gasteiger partial charge on any atom is 0.410 e. The van der Waals surface area contributed by atoms with Gasteiger partial charge in [0.2, 0.25) is 0 Å². The second-order valence-electron chi connectivity index (χ2n) is 13.0. The molecule has 4 rings (SSSR count). The Morgan fingerprint density at radius 1 is 0.861 bits per heavy atom. The fraction of sp³-hybridized carbons (Fsp3) is 0.581. The van der Waals surface area contributed by atoms with Gasteiger partial charge in [-0.15, -0.1) is 0 Å². The van der Waals surface area contributed by atoms with Crippen LogP contribution in [-0.4, -0.2) is 44.1 Å². The van der Waals surface area contributed by atoms with E-state index in [1.54, 1.807) is 0 Å².